The molecule has 0 aliphatic carbocycles. The number of benzene rings is 1. The zero-order valence-electron chi connectivity index (χ0n) is 15.4. The third-order valence-electron chi connectivity index (χ3n) is 4.66. The van der Waals surface area contributed by atoms with Gasteiger partial charge in [-0.15, -0.1) is 0 Å². The third kappa shape index (κ3) is 7.50. The van der Waals surface area contributed by atoms with Gasteiger partial charge in [0.15, 0.2) is 0 Å². The van der Waals surface area contributed by atoms with E-state index in [0.29, 0.717) is 18.8 Å². The first-order valence-electron chi connectivity index (χ1n) is 9.25. The van der Waals surface area contributed by atoms with Gasteiger partial charge in [-0.1, -0.05) is 30.3 Å². The molecule has 1 aromatic rings. The monoisotopic (exact) mass is 395 g/mol. The number of nitrogens with two attached hydrogens (primary N) is 1. The Morgan fingerprint density at radius 2 is 2.11 bits per heavy atom. The van der Waals surface area contributed by atoms with Crippen LogP contribution in [0.2, 0.25) is 0 Å². The number of nitrogens with one attached hydrogen (secondary N) is 1. The number of carboxylic acid groups (broad SMARTS) is 1. The van der Waals surface area contributed by atoms with Gasteiger partial charge >= 0.3 is 5.97 Å². The van der Waals surface area contributed by atoms with Crippen molar-refractivity contribution in [2.75, 3.05) is 32.0 Å². The zero-order chi connectivity index (χ0) is 19.6. The summed E-state index contributed by atoms with van der Waals surface area (Å²) in [5.74, 6) is -0.861. The van der Waals surface area contributed by atoms with E-state index in [-0.39, 0.29) is 12.1 Å². The number of carbonyl (C=O) groups excluding carboxylic acids is 1. The van der Waals surface area contributed by atoms with E-state index in [2.05, 4.69) is 22.8 Å². The first kappa shape index (κ1) is 21.7. The van der Waals surface area contributed by atoms with E-state index < -0.39 is 24.5 Å². The number of hydrogen-bond acceptors (Lipinski definition) is 6. The number of carbonyl (C=O) groups is 2. The fourth-order valence-electron chi connectivity index (χ4n) is 3.24. The number of rotatable bonds is 11. The van der Waals surface area contributed by atoms with Crippen LogP contribution in [0, 0.1) is 0 Å². The second-order valence-corrected chi connectivity index (χ2v) is 7.22. The van der Waals surface area contributed by atoms with Crippen molar-refractivity contribution in [3.63, 3.8) is 0 Å². The summed E-state index contributed by atoms with van der Waals surface area (Å²) in [5, 5.41) is 11.2. The van der Waals surface area contributed by atoms with Gasteiger partial charge < -0.3 is 20.9 Å². The lowest BCUT2D eigenvalue weighted by Crippen LogP contribution is -2.45. The van der Waals surface area contributed by atoms with Crippen LogP contribution in [0.5, 0.6) is 0 Å². The quantitative estimate of drug-likeness (QED) is 0.408. The molecule has 1 aliphatic heterocycles. The summed E-state index contributed by atoms with van der Waals surface area (Å²) in [5.41, 5.74) is 6.98. The number of likely N-dealkylation sites (tertiary alicyclic amines) is 1. The molecule has 8 heteroatoms. The summed E-state index contributed by atoms with van der Waals surface area (Å²) >= 11 is 4.24. The van der Waals surface area contributed by atoms with Gasteiger partial charge in [0, 0.05) is 30.8 Å². The van der Waals surface area contributed by atoms with Crippen molar-refractivity contribution in [3.05, 3.63) is 35.9 Å². The number of amides is 1. The summed E-state index contributed by atoms with van der Waals surface area (Å²) in [6, 6.07) is 9.78. The first-order valence-corrected chi connectivity index (χ1v) is 9.88. The molecule has 3 atom stereocenters. The summed E-state index contributed by atoms with van der Waals surface area (Å²) in [4.78, 5) is 25.5. The van der Waals surface area contributed by atoms with Crippen LogP contribution in [-0.2, 0) is 20.7 Å². The Balaban J connectivity index is 1.95. The largest absolute Gasteiger partial charge is 0.480 e. The molecule has 4 N–H and O–H groups in total. The van der Waals surface area contributed by atoms with Crippen molar-refractivity contribution in [1.29, 1.82) is 0 Å². The lowest BCUT2D eigenvalue weighted by atomic mass is 10.1. The van der Waals surface area contributed by atoms with Gasteiger partial charge in [-0.2, -0.15) is 12.6 Å². The van der Waals surface area contributed by atoms with Gasteiger partial charge in [0.2, 0.25) is 5.91 Å². The Bertz CT molecular complexity index is 602. The van der Waals surface area contributed by atoms with Crippen molar-refractivity contribution >= 4 is 24.5 Å². The summed E-state index contributed by atoms with van der Waals surface area (Å²) in [6.07, 6.45) is 1.73. The van der Waals surface area contributed by atoms with Crippen molar-refractivity contribution in [2.24, 2.45) is 5.73 Å². The maximum atomic E-state index is 12.4. The Morgan fingerprint density at radius 3 is 2.78 bits per heavy atom. The second kappa shape index (κ2) is 11.3. The molecule has 2 rings (SSSR count). The molecule has 0 spiro atoms. The Kier molecular flexibility index (Phi) is 9.06. The van der Waals surface area contributed by atoms with Crippen LogP contribution in [0.1, 0.15) is 18.4 Å². The number of thiol groups is 1. The predicted molar refractivity (Wildman–Crippen MR) is 107 cm³/mol. The van der Waals surface area contributed by atoms with Crippen LogP contribution in [0.4, 0.5) is 0 Å². The van der Waals surface area contributed by atoms with E-state index in [1.807, 2.05) is 30.3 Å². The molecule has 150 valence electrons. The highest BCUT2D eigenvalue weighted by Crippen LogP contribution is 2.19. The van der Waals surface area contributed by atoms with Crippen LogP contribution in [0.25, 0.3) is 0 Å². The Hall–Kier alpha value is -1.61. The highest BCUT2D eigenvalue weighted by atomic mass is 32.1. The predicted octanol–water partition coefficient (Wildman–Crippen LogP) is 0.537. The molecular weight excluding hydrogens is 366 g/mol. The highest BCUT2D eigenvalue weighted by molar-refractivity contribution is 7.80. The van der Waals surface area contributed by atoms with Gasteiger partial charge in [0.05, 0.1) is 6.61 Å². The molecule has 0 saturated carbocycles. The third-order valence-corrected chi connectivity index (χ3v) is 5.13. The molecule has 7 nitrogen and oxygen atoms in total. The maximum Gasteiger partial charge on any atom is 0.322 e. The van der Waals surface area contributed by atoms with Crippen molar-refractivity contribution in [3.8, 4) is 0 Å². The molecule has 1 aromatic carbocycles. The number of aliphatic carboxylic acids is 1. The van der Waals surface area contributed by atoms with Gasteiger partial charge in [-0.3, -0.25) is 14.5 Å². The van der Waals surface area contributed by atoms with Gasteiger partial charge in [0.25, 0.3) is 0 Å². The molecule has 0 aromatic heterocycles. The minimum Gasteiger partial charge on any atom is -0.480 e. The molecular formula is C19H29N3O4S. The molecule has 1 amide bonds. The van der Waals surface area contributed by atoms with Crippen LogP contribution < -0.4 is 11.1 Å². The SMILES string of the molecule is N[C@H](CS)CN1CCC[C@H]1COC(Cc1ccccc1)C(=O)NCC(=O)O. The average molecular weight is 396 g/mol. The smallest absolute Gasteiger partial charge is 0.322 e. The number of ether oxygens (including phenoxy) is 1. The van der Waals surface area contributed by atoms with Crippen LogP contribution in [0.15, 0.2) is 30.3 Å². The number of nitrogens with zero attached hydrogens (tertiary/aromatic N) is 1. The maximum absolute atomic E-state index is 12.4. The lowest BCUT2D eigenvalue weighted by Gasteiger charge is -2.28. The van der Waals surface area contributed by atoms with E-state index in [1.54, 1.807) is 0 Å². The van der Waals surface area contributed by atoms with E-state index >= 15 is 0 Å². The fourth-order valence-corrected chi connectivity index (χ4v) is 3.36. The van der Waals surface area contributed by atoms with Crippen molar-refractivity contribution in [1.82, 2.24) is 10.2 Å². The molecule has 0 radical (unpaired) electrons. The fraction of sp³-hybridized carbons (Fsp3) is 0.579. The van der Waals surface area contributed by atoms with Gasteiger partial charge in [-0.25, -0.2) is 0 Å². The van der Waals surface area contributed by atoms with Crippen LogP contribution in [-0.4, -0.2) is 72.1 Å². The van der Waals surface area contributed by atoms with E-state index in [0.717, 1.165) is 31.5 Å². The molecule has 1 unspecified atom stereocenters. The molecule has 1 heterocycles. The minimum absolute atomic E-state index is 0.00733. The van der Waals surface area contributed by atoms with Crippen molar-refractivity contribution < 1.29 is 19.4 Å². The molecule has 1 aliphatic rings. The summed E-state index contributed by atoms with van der Waals surface area (Å²) in [7, 11) is 0. The molecule has 0 bridgehead atoms. The lowest BCUT2D eigenvalue weighted by molar-refractivity contribution is -0.141. The summed E-state index contributed by atoms with van der Waals surface area (Å²) in [6.45, 7) is 1.72. The van der Waals surface area contributed by atoms with Gasteiger partial charge in [0.1, 0.15) is 12.6 Å². The van der Waals surface area contributed by atoms with Crippen LogP contribution >= 0.6 is 12.6 Å². The topological polar surface area (TPSA) is 105 Å². The molecule has 27 heavy (non-hydrogen) atoms. The Morgan fingerprint density at radius 1 is 1.37 bits per heavy atom. The molecule has 1 saturated heterocycles. The zero-order valence-corrected chi connectivity index (χ0v) is 16.3. The number of hydrogen-bond donors (Lipinski definition) is 4. The van der Waals surface area contributed by atoms with Gasteiger partial charge in [-0.05, 0) is 24.9 Å². The van der Waals surface area contributed by atoms with E-state index in [1.165, 1.54) is 0 Å². The first-order chi connectivity index (χ1) is 13.0. The second-order valence-electron chi connectivity index (χ2n) is 6.86. The average Bonchev–Trinajstić information content (AvgIpc) is 3.10. The Labute approximate surface area is 165 Å². The standard InChI is InChI=1S/C19H29N3O4S/c20-15(13-27)11-22-8-4-7-16(22)12-26-17(19(25)21-10-18(23)24)9-14-5-2-1-3-6-14/h1-3,5-6,15-17,27H,4,7-13,20H2,(H,21,25)(H,23,24)/t15-,16-,17?/m0/s1. The minimum atomic E-state index is -1.08. The van der Waals surface area contributed by atoms with E-state index in [4.69, 9.17) is 15.6 Å². The normalized spacial score (nSPS) is 19.6. The number of carboxylic acids is 1. The van der Waals surface area contributed by atoms with E-state index in [9.17, 15) is 9.59 Å². The summed E-state index contributed by atoms with van der Waals surface area (Å²) < 4.78 is 5.96. The van der Waals surface area contributed by atoms with Crippen molar-refractivity contribution in [2.45, 2.75) is 37.5 Å². The van der Waals surface area contributed by atoms with Crippen LogP contribution in [0.3, 0.4) is 0 Å². The highest BCUT2D eigenvalue weighted by Gasteiger charge is 2.28. The molecule has 1 fully saturated rings.